The summed E-state index contributed by atoms with van der Waals surface area (Å²) in [5.41, 5.74) is 0.955. The van der Waals surface area contributed by atoms with Crippen molar-refractivity contribution in [1.29, 1.82) is 0 Å². The molecule has 78 valence electrons. The molecule has 0 aliphatic heterocycles. The van der Waals surface area contributed by atoms with Gasteiger partial charge in [0.1, 0.15) is 5.82 Å². The van der Waals surface area contributed by atoms with Gasteiger partial charge in [0.2, 0.25) is 5.13 Å². The minimum Gasteiger partial charge on any atom is -0.328 e. The molecule has 1 saturated carbocycles. The highest BCUT2D eigenvalue weighted by Gasteiger charge is 2.27. The monoisotopic (exact) mass is 221 g/mol. The van der Waals surface area contributed by atoms with Gasteiger partial charge in [-0.25, -0.2) is 4.98 Å². The Kier molecular flexibility index (Phi) is 1.95. The predicted molar refractivity (Wildman–Crippen MR) is 58.4 cm³/mol. The van der Waals surface area contributed by atoms with Crippen LogP contribution in [-0.2, 0) is 7.05 Å². The lowest BCUT2D eigenvalue weighted by molar-refractivity contribution is 0.768. The summed E-state index contributed by atoms with van der Waals surface area (Å²) in [7, 11) is 1.89. The van der Waals surface area contributed by atoms with Gasteiger partial charge < -0.3 is 5.32 Å². The molecule has 5 nitrogen and oxygen atoms in total. The van der Waals surface area contributed by atoms with Crippen LogP contribution in [0.3, 0.4) is 0 Å². The van der Waals surface area contributed by atoms with E-state index in [1.807, 2.05) is 13.2 Å². The van der Waals surface area contributed by atoms with E-state index < -0.39 is 0 Å². The Morgan fingerprint density at radius 3 is 3.07 bits per heavy atom. The van der Waals surface area contributed by atoms with E-state index in [9.17, 15) is 0 Å². The Balaban J connectivity index is 1.75. The predicted octanol–water partition coefficient (Wildman–Crippen LogP) is 1.89. The van der Waals surface area contributed by atoms with Crippen molar-refractivity contribution in [2.45, 2.75) is 18.8 Å². The lowest BCUT2D eigenvalue weighted by atomic mass is 10.4. The first-order valence-electron chi connectivity index (χ1n) is 4.90. The molecular formula is C9H11N5S. The fourth-order valence-electron chi connectivity index (χ4n) is 1.40. The Bertz CT molecular complexity index is 470. The zero-order valence-electron chi connectivity index (χ0n) is 8.34. The third kappa shape index (κ3) is 1.85. The van der Waals surface area contributed by atoms with Crippen LogP contribution < -0.4 is 5.32 Å². The van der Waals surface area contributed by atoms with Crippen molar-refractivity contribution in [1.82, 2.24) is 19.1 Å². The van der Waals surface area contributed by atoms with Gasteiger partial charge in [0.25, 0.3) is 0 Å². The molecule has 2 heterocycles. The minimum absolute atomic E-state index is 0.616. The van der Waals surface area contributed by atoms with E-state index in [4.69, 9.17) is 0 Å². The van der Waals surface area contributed by atoms with E-state index in [1.54, 1.807) is 10.9 Å². The summed E-state index contributed by atoms with van der Waals surface area (Å²) in [6.07, 6.45) is 6.17. The van der Waals surface area contributed by atoms with Crippen molar-refractivity contribution in [3.63, 3.8) is 0 Å². The van der Waals surface area contributed by atoms with Gasteiger partial charge in [-0.05, 0) is 12.8 Å². The van der Waals surface area contributed by atoms with Gasteiger partial charge in [-0.15, -0.1) is 0 Å². The number of nitrogens with one attached hydrogen (secondary N) is 1. The van der Waals surface area contributed by atoms with Gasteiger partial charge in [-0.3, -0.25) is 4.68 Å². The molecule has 0 bridgehead atoms. The standard InChI is InChI=1S/C9H11N5S/c1-14-5-7(4-10-14)11-9-12-8(13-15-9)6-2-3-6/h4-6H,2-3H2,1H3,(H,11,12,13). The number of hydrogen-bond acceptors (Lipinski definition) is 5. The normalized spacial score (nSPS) is 15.5. The summed E-state index contributed by atoms with van der Waals surface area (Å²) >= 11 is 1.41. The lowest BCUT2D eigenvalue weighted by Gasteiger charge is -1.94. The Labute approximate surface area is 91.3 Å². The fourth-order valence-corrected chi connectivity index (χ4v) is 2.07. The molecule has 0 unspecified atom stereocenters. The van der Waals surface area contributed by atoms with Crippen molar-refractivity contribution in [2.75, 3.05) is 5.32 Å². The quantitative estimate of drug-likeness (QED) is 0.860. The molecule has 0 radical (unpaired) electrons. The average molecular weight is 221 g/mol. The second kappa shape index (κ2) is 3.30. The van der Waals surface area contributed by atoms with Crippen LogP contribution in [0.4, 0.5) is 10.8 Å². The van der Waals surface area contributed by atoms with Crippen molar-refractivity contribution < 1.29 is 0 Å². The highest BCUT2D eigenvalue weighted by Crippen LogP contribution is 2.39. The minimum atomic E-state index is 0.616. The van der Waals surface area contributed by atoms with Gasteiger partial charge in [0, 0.05) is 30.7 Å². The number of aryl methyl sites for hydroxylation is 1. The molecule has 1 aliphatic carbocycles. The van der Waals surface area contributed by atoms with Crippen LogP contribution in [0.25, 0.3) is 0 Å². The largest absolute Gasteiger partial charge is 0.328 e. The number of aromatic nitrogens is 4. The molecule has 0 spiro atoms. The van der Waals surface area contributed by atoms with Crippen molar-refractivity contribution >= 4 is 22.4 Å². The lowest BCUT2D eigenvalue weighted by Crippen LogP contribution is -1.89. The van der Waals surface area contributed by atoms with Gasteiger partial charge in [0.15, 0.2) is 0 Å². The van der Waals surface area contributed by atoms with E-state index in [1.165, 1.54) is 24.4 Å². The molecule has 0 atom stereocenters. The smallest absolute Gasteiger partial charge is 0.207 e. The maximum atomic E-state index is 4.44. The summed E-state index contributed by atoms with van der Waals surface area (Å²) in [5.74, 6) is 1.61. The van der Waals surface area contributed by atoms with Crippen molar-refractivity contribution in [3.8, 4) is 0 Å². The molecule has 3 rings (SSSR count). The summed E-state index contributed by atoms with van der Waals surface area (Å²) < 4.78 is 6.08. The van der Waals surface area contributed by atoms with Gasteiger partial charge in [-0.1, -0.05) is 0 Å². The first kappa shape index (κ1) is 8.84. The van der Waals surface area contributed by atoms with Crippen LogP contribution in [0.5, 0.6) is 0 Å². The molecule has 0 saturated heterocycles. The molecule has 1 fully saturated rings. The molecule has 1 aliphatic rings. The zero-order valence-corrected chi connectivity index (χ0v) is 9.16. The van der Waals surface area contributed by atoms with E-state index >= 15 is 0 Å². The van der Waals surface area contributed by atoms with Crippen LogP contribution in [0.1, 0.15) is 24.6 Å². The van der Waals surface area contributed by atoms with Crippen molar-refractivity contribution in [3.05, 3.63) is 18.2 Å². The van der Waals surface area contributed by atoms with Gasteiger partial charge >= 0.3 is 0 Å². The van der Waals surface area contributed by atoms with E-state index in [0.717, 1.165) is 16.6 Å². The van der Waals surface area contributed by atoms with E-state index in [-0.39, 0.29) is 0 Å². The Morgan fingerprint density at radius 2 is 2.40 bits per heavy atom. The molecule has 2 aromatic rings. The first-order chi connectivity index (χ1) is 7.31. The third-order valence-corrected chi connectivity index (χ3v) is 2.99. The van der Waals surface area contributed by atoms with E-state index in [2.05, 4.69) is 19.8 Å². The zero-order chi connectivity index (χ0) is 10.3. The second-order valence-corrected chi connectivity index (χ2v) is 4.51. The fraction of sp³-hybridized carbons (Fsp3) is 0.444. The molecule has 1 N–H and O–H groups in total. The van der Waals surface area contributed by atoms with E-state index in [0.29, 0.717) is 5.92 Å². The van der Waals surface area contributed by atoms with Gasteiger partial charge in [0.05, 0.1) is 11.9 Å². The molecular weight excluding hydrogens is 210 g/mol. The van der Waals surface area contributed by atoms with Crippen molar-refractivity contribution in [2.24, 2.45) is 7.05 Å². The summed E-state index contributed by atoms with van der Waals surface area (Å²) in [4.78, 5) is 4.44. The highest BCUT2D eigenvalue weighted by atomic mass is 32.1. The van der Waals surface area contributed by atoms with Crippen LogP contribution in [0, 0.1) is 0 Å². The maximum absolute atomic E-state index is 4.44. The highest BCUT2D eigenvalue weighted by molar-refractivity contribution is 7.09. The molecule has 2 aromatic heterocycles. The second-order valence-electron chi connectivity index (χ2n) is 3.76. The Morgan fingerprint density at radius 1 is 1.53 bits per heavy atom. The number of rotatable bonds is 3. The molecule has 6 heteroatoms. The number of anilines is 2. The molecule has 0 amide bonds. The molecule has 15 heavy (non-hydrogen) atoms. The van der Waals surface area contributed by atoms with Crippen LogP contribution in [0.15, 0.2) is 12.4 Å². The maximum Gasteiger partial charge on any atom is 0.207 e. The third-order valence-electron chi connectivity index (χ3n) is 2.34. The number of nitrogens with zero attached hydrogens (tertiary/aromatic N) is 4. The van der Waals surface area contributed by atoms with Crippen LogP contribution in [0.2, 0.25) is 0 Å². The average Bonchev–Trinajstić information content (AvgIpc) is 2.84. The Hall–Kier alpha value is -1.43. The summed E-state index contributed by atoms with van der Waals surface area (Å²) in [6.45, 7) is 0. The van der Waals surface area contributed by atoms with Crippen LogP contribution in [-0.4, -0.2) is 19.1 Å². The summed E-state index contributed by atoms with van der Waals surface area (Å²) in [6, 6.07) is 0. The topological polar surface area (TPSA) is 55.6 Å². The summed E-state index contributed by atoms with van der Waals surface area (Å²) in [5, 5.41) is 8.12. The molecule has 0 aromatic carbocycles. The van der Waals surface area contributed by atoms with Gasteiger partial charge in [-0.2, -0.15) is 9.47 Å². The first-order valence-corrected chi connectivity index (χ1v) is 5.68. The SMILES string of the molecule is Cn1cc(Nc2nc(C3CC3)ns2)cn1. The van der Waals surface area contributed by atoms with Crippen LogP contribution >= 0.6 is 11.5 Å². The number of hydrogen-bond donors (Lipinski definition) is 1.